The molecule has 0 spiro atoms. The van der Waals surface area contributed by atoms with Crippen molar-refractivity contribution in [3.8, 4) is 0 Å². The SMILES string of the molecule is CC(N)CCC(=O)NCC1(c2ccc(Cl)cc2)CC1.Cl. The van der Waals surface area contributed by atoms with Crippen LogP contribution in [-0.2, 0) is 10.2 Å². The van der Waals surface area contributed by atoms with Crippen LogP contribution in [0.5, 0.6) is 0 Å². The van der Waals surface area contributed by atoms with Crippen molar-refractivity contribution in [2.75, 3.05) is 6.54 Å². The quantitative estimate of drug-likeness (QED) is 0.847. The molecule has 1 fully saturated rings. The summed E-state index contributed by atoms with van der Waals surface area (Å²) in [5.74, 6) is 0.0949. The summed E-state index contributed by atoms with van der Waals surface area (Å²) in [6.45, 7) is 2.63. The molecular formula is C15H22Cl2N2O. The molecule has 1 atom stereocenters. The number of halogens is 2. The molecule has 1 aliphatic carbocycles. The highest BCUT2D eigenvalue weighted by Crippen LogP contribution is 2.47. The third-order valence-electron chi connectivity index (χ3n) is 3.76. The van der Waals surface area contributed by atoms with Gasteiger partial charge in [-0.15, -0.1) is 12.4 Å². The smallest absolute Gasteiger partial charge is 0.220 e. The van der Waals surface area contributed by atoms with Crippen LogP contribution in [-0.4, -0.2) is 18.5 Å². The number of rotatable bonds is 6. The average molecular weight is 317 g/mol. The number of amides is 1. The van der Waals surface area contributed by atoms with Crippen LogP contribution in [0, 0.1) is 0 Å². The van der Waals surface area contributed by atoms with Gasteiger partial charge in [0.05, 0.1) is 0 Å². The molecule has 0 saturated heterocycles. The minimum atomic E-state index is 0. The number of carbonyl (C=O) groups excluding carboxylic acids is 1. The molecule has 0 bridgehead atoms. The molecule has 20 heavy (non-hydrogen) atoms. The molecule has 0 radical (unpaired) electrons. The molecule has 1 aromatic rings. The molecule has 1 saturated carbocycles. The van der Waals surface area contributed by atoms with Crippen LogP contribution >= 0.6 is 24.0 Å². The molecule has 1 unspecified atom stereocenters. The van der Waals surface area contributed by atoms with Gasteiger partial charge in [0.25, 0.3) is 0 Å². The van der Waals surface area contributed by atoms with Crippen LogP contribution in [0.3, 0.4) is 0 Å². The lowest BCUT2D eigenvalue weighted by molar-refractivity contribution is -0.121. The van der Waals surface area contributed by atoms with Crippen molar-refractivity contribution < 1.29 is 4.79 Å². The summed E-state index contributed by atoms with van der Waals surface area (Å²) >= 11 is 5.90. The van der Waals surface area contributed by atoms with E-state index in [0.717, 1.165) is 24.3 Å². The van der Waals surface area contributed by atoms with Crippen LogP contribution in [0.4, 0.5) is 0 Å². The van der Waals surface area contributed by atoms with Gasteiger partial charge >= 0.3 is 0 Å². The van der Waals surface area contributed by atoms with Crippen molar-refractivity contribution >= 4 is 29.9 Å². The predicted octanol–water partition coefficient (Wildman–Crippen LogP) is 3.04. The first-order valence-corrected chi connectivity index (χ1v) is 7.18. The monoisotopic (exact) mass is 316 g/mol. The Morgan fingerprint density at radius 3 is 2.50 bits per heavy atom. The minimum Gasteiger partial charge on any atom is -0.355 e. The number of hydrogen-bond acceptors (Lipinski definition) is 2. The van der Waals surface area contributed by atoms with Gasteiger partial charge in [-0.05, 0) is 43.9 Å². The van der Waals surface area contributed by atoms with Crippen LogP contribution in [0.2, 0.25) is 5.02 Å². The van der Waals surface area contributed by atoms with Crippen LogP contribution in [0.15, 0.2) is 24.3 Å². The normalized spacial score (nSPS) is 16.9. The fourth-order valence-electron chi connectivity index (χ4n) is 2.24. The van der Waals surface area contributed by atoms with E-state index in [1.165, 1.54) is 5.56 Å². The number of hydrogen-bond donors (Lipinski definition) is 2. The fourth-order valence-corrected chi connectivity index (χ4v) is 2.36. The summed E-state index contributed by atoms with van der Waals surface area (Å²) in [6.07, 6.45) is 3.50. The maximum Gasteiger partial charge on any atom is 0.220 e. The zero-order valence-corrected chi connectivity index (χ0v) is 13.3. The summed E-state index contributed by atoms with van der Waals surface area (Å²) in [5, 5.41) is 3.78. The van der Waals surface area contributed by atoms with Crippen molar-refractivity contribution in [3.05, 3.63) is 34.9 Å². The Labute approximate surface area is 131 Å². The molecule has 1 aromatic carbocycles. The first-order chi connectivity index (χ1) is 9.02. The summed E-state index contributed by atoms with van der Waals surface area (Å²) in [6, 6.07) is 8.02. The Kier molecular flexibility index (Phi) is 6.31. The van der Waals surface area contributed by atoms with Gasteiger partial charge in [-0.25, -0.2) is 0 Å². The molecule has 1 amide bonds. The van der Waals surface area contributed by atoms with Gasteiger partial charge in [0.15, 0.2) is 0 Å². The molecule has 3 N–H and O–H groups in total. The predicted molar refractivity (Wildman–Crippen MR) is 85.5 cm³/mol. The second-order valence-corrected chi connectivity index (χ2v) is 6.02. The van der Waals surface area contributed by atoms with Crippen LogP contribution in [0.1, 0.15) is 38.2 Å². The van der Waals surface area contributed by atoms with Gasteiger partial charge in [-0.3, -0.25) is 4.79 Å². The number of benzene rings is 1. The lowest BCUT2D eigenvalue weighted by Gasteiger charge is -2.17. The van der Waals surface area contributed by atoms with Gasteiger partial charge in [0.2, 0.25) is 5.91 Å². The summed E-state index contributed by atoms with van der Waals surface area (Å²) in [5.41, 5.74) is 7.05. The largest absolute Gasteiger partial charge is 0.355 e. The molecule has 1 aliphatic rings. The van der Waals surface area contributed by atoms with Crippen molar-refractivity contribution in [1.29, 1.82) is 0 Å². The van der Waals surface area contributed by atoms with E-state index >= 15 is 0 Å². The lowest BCUT2D eigenvalue weighted by Crippen LogP contribution is -2.33. The zero-order valence-electron chi connectivity index (χ0n) is 11.7. The molecule has 5 heteroatoms. The minimum absolute atomic E-state index is 0. The second-order valence-electron chi connectivity index (χ2n) is 5.58. The Hall–Kier alpha value is -0.770. The molecule has 3 nitrogen and oxygen atoms in total. The summed E-state index contributed by atoms with van der Waals surface area (Å²) in [7, 11) is 0. The van der Waals surface area contributed by atoms with Gasteiger partial charge in [0.1, 0.15) is 0 Å². The van der Waals surface area contributed by atoms with E-state index in [1.807, 2.05) is 19.1 Å². The zero-order chi connectivity index (χ0) is 13.9. The van der Waals surface area contributed by atoms with Gasteiger partial charge < -0.3 is 11.1 Å². The van der Waals surface area contributed by atoms with E-state index in [2.05, 4.69) is 17.4 Å². The van der Waals surface area contributed by atoms with Crippen LogP contribution < -0.4 is 11.1 Å². The van der Waals surface area contributed by atoms with Crippen LogP contribution in [0.25, 0.3) is 0 Å². The molecular weight excluding hydrogens is 295 g/mol. The topological polar surface area (TPSA) is 55.1 Å². The average Bonchev–Trinajstić information content (AvgIpc) is 3.16. The Balaban J connectivity index is 0.00000200. The third-order valence-corrected chi connectivity index (χ3v) is 4.01. The molecule has 0 aromatic heterocycles. The van der Waals surface area contributed by atoms with Crippen molar-refractivity contribution in [2.24, 2.45) is 5.73 Å². The van der Waals surface area contributed by atoms with E-state index in [-0.39, 0.29) is 29.8 Å². The molecule has 0 heterocycles. The lowest BCUT2D eigenvalue weighted by atomic mass is 9.96. The molecule has 112 valence electrons. The first kappa shape index (κ1) is 17.3. The highest BCUT2D eigenvalue weighted by molar-refractivity contribution is 6.30. The number of carbonyl (C=O) groups is 1. The first-order valence-electron chi connectivity index (χ1n) is 6.80. The molecule has 2 rings (SSSR count). The second kappa shape index (κ2) is 7.30. The van der Waals surface area contributed by atoms with Gasteiger partial charge in [-0.2, -0.15) is 0 Å². The third kappa shape index (κ3) is 4.65. The van der Waals surface area contributed by atoms with Crippen molar-refractivity contribution in [2.45, 2.75) is 44.1 Å². The highest BCUT2D eigenvalue weighted by Gasteiger charge is 2.44. The number of nitrogens with one attached hydrogen (secondary N) is 1. The summed E-state index contributed by atoms with van der Waals surface area (Å²) in [4.78, 5) is 11.7. The van der Waals surface area contributed by atoms with Gasteiger partial charge in [0, 0.05) is 29.4 Å². The Morgan fingerprint density at radius 2 is 2.00 bits per heavy atom. The van der Waals surface area contributed by atoms with E-state index < -0.39 is 0 Å². The summed E-state index contributed by atoms with van der Waals surface area (Å²) < 4.78 is 0. The van der Waals surface area contributed by atoms with E-state index in [4.69, 9.17) is 17.3 Å². The van der Waals surface area contributed by atoms with Crippen molar-refractivity contribution in [3.63, 3.8) is 0 Å². The Morgan fingerprint density at radius 1 is 1.40 bits per heavy atom. The van der Waals surface area contributed by atoms with Crippen molar-refractivity contribution in [1.82, 2.24) is 5.32 Å². The maximum atomic E-state index is 11.7. The maximum absolute atomic E-state index is 11.7. The molecule has 0 aliphatic heterocycles. The van der Waals surface area contributed by atoms with E-state index in [9.17, 15) is 4.79 Å². The Bertz CT molecular complexity index is 442. The van der Waals surface area contributed by atoms with E-state index in [1.54, 1.807) is 0 Å². The van der Waals surface area contributed by atoms with Gasteiger partial charge in [-0.1, -0.05) is 23.7 Å². The number of nitrogens with two attached hydrogens (primary N) is 1. The standard InChI is InChI=1S/C15H21ClN2O.ClH/c1-11(17)2-7-14(19)18-10-15(8-9-15)12-3-5-13(16)6-4-12;/h3-6,11H,2,7-10,17H2,1H3,(H,18,19);1H. The fraction of sp³-hybridized carbons (Fsp3) is 0.533. The van der Waals surface area contributed by atoms with E-state index in [0.29, 0.717) is 13.0 Å². The highest BCUT2D eigenvalue weighted by atomic mass is 35.5.